The fraction of sp³-hybridized carbons (Fsp3) is 0.125. The minimum absolute atomic E-state index is 0.0300. The van der Waals surface area contributed by atoms with Crippen LogP contribution >= 0.6 is 23.2 Å². The normalized spacial score (nSPS) is 12.3. The maximum atomic E-state index is 6.26. The van der Waals surface area contributed by atoms with Crippen LogP contribution in [0, 0.1) is 0 Å². The van der Waals surface area contributed by atoms with Gasteiger partial charge in [-0.25, -0.2) is 0 Å². The van der Waals surface area contributed by atoms with Crippen LogP contribution in [-0.2, 0) is 0 Å². The second-order valence-corrected chi connectivity index (χ2v) is 5.65. The van der Waals surface area contributed by atoms with Gasteiger partial charge in [-0.05, 0) is 30.7 Å². The second kappa shape index (κ2) is 5.88. The average Bonchev–Trinajstić information content (AvgIpc) is 2.47. The summed E-state index contributed by atoms with van der Waals surface area (Å²) in [4.78, 5) is 0. The van der Waals surface area contributed by atoms with E-state index in [9.17, 15) is 0 Å². The van der Waals surface area contributed by atoms with Crippen LogP contribution in [0.5, 0.6) is 0 Å². The molecular weight excluding hydrogens is 305 g/mol. The van der Waals surface area contributed by atoms with Crippen LogP contribution in [0.3, 0.4) is 0 Å². The van der Waals surface area contributed by atoms with Crippen molar-refractivity contribution < 1.29 is 0 Å². The van der Waals surface area contributed by atoms with Crippen molar-refractivity contribution in [3.8, 4) is 0 Å². The van der Waals surface area contributed by atoms with Crippen LogP contribution in [0.4, 0.5) is 5.69 Å². The van der Waals surface area contributed by atoms with Crippen molar-refractivity contribution in [2.24, 2.45) is 0 Å². The highest BCUT2D eigenvalue weighted by molar-refractivity contribution is 6.35. The van der Waals surface area contributed by atoms with Gasteiger partial charge in [-0.15, -0.1) is 0 Å². The minimum Gasteiger partial charge on any atom is -0.377 e. The molecule has 3 aromatic rings. The van der Waals surface area contributed by atoms with Gasteiger partial charge in [0.2, 0.25) is 0 Å². The number of aromatic nitrogens is 2. The van der Waals surface area contributed by atoms with Crippen molar-refractivity contribution in [1.82, 2.24) is 10.2 Å². The Morgan fingerprint density at radius 2 is 1.90 bits per heavy atom. The zero-order valence-corrected chi connectivity index (χ0v) is 12.9. The van der Waals surface area contributed by atoms with E-state index in [4.69, 9.17) is 23.2 Å². The highest BCUT2D eigenvalue weighted by atomic mass is 35.5. The molecule has 0 radical (unpaired) electrons. The molecule has 0 spiro atoms. The fourth-order valence-corrected chi connectivity index (χ4v) is 2.86. The average molecular weight is 318 g/mol. The second-order valence-electron chi connectivity index (χ2n) is 4.81. The molecule has 5 heteroatoms. The molecular formula is C16H13Cl2N3. The summed E-state index contributed by atoms with van der Waals surface area (Å²) in [6, 6.07) is 13.4. The SMILES string of the molecule is CC(Nc1cnnc2ccccc12)c1ccc(Cl)cc1Cl. The van der Waals surface area contributed by atoms with E-state index < -0.39 is 0 Å². The predicted molar refractivity (Wildman–Crippen MR) is 88.0 cm³/mol. The Hall–Kier alpha value is -1.84. The molecule has 1 atom stereocenters. The van der Waals surface area contributed by atoms with Gasteiger partial charge in [-0.2, -0.15) is 10.2 Å². The number of nitrogens with one attached hydrogen (secondary N) is 1. The molecule has 0 saturated carbocycles. The van der Waals surface area contributed by atoms with Crippen molar-refractivity contribution in [3.05, 3.63) is 64.3 Å². The van der Waals surface area contributed by atoms with Gasteiger partial charge in [-0.3, -0.25) is 0 Å². The van der Waals surface area contributed by atoms with E-state index >= 15 is 0 Å². The van der Waals surface area contributed by atoms with Gasteiger partial charge >= 0.3 is 0 Å². The molecule has 3 nitrogen and oxygen atoms in total. The molecule has 21 heavy (non-hydrogen) atoms. The van der Waals surface area contributed by atoms with Crippen LogP contribution in [0.15, 0.2) is 48.7 Å². The summed E-state index contributed by atoms with van der Waals surface area (Å²) < 4.78 is 0. The molecule has 0 amide bonds. The molecule has 0 bridgehead atoms. The molecule has 2 aromatic carbocycles. The fourth-order valence-electron chi connectivity index (χ4n) is 2.29. The molecule has 0 aliphatic carbocycles. The van der Waals surface area contributed by atoms with E-state index in [1.54, 1.807) is 12.3 Å². The van der Waals surface area contributed by atoms with Crippen molar-refractivity contribution >= 4 is 39.8 Å². The van der Waals surface area contributed by atoms with Crippen LogP contribution in [-0.4, -0.2) is 10.2 Å². The van der Waals surface area contributed by atoms with Gasteiger partial charge in [-0.1, -0.05) is 47.5 Å². The van der Waals surface area contributed by atoms with Crippen LogP contribution in [0.2, 0.25) is 10.0 Å². The summed E-state index contributed by atoms with van der Waals surface area (Å²) in [6.45, 7) is 2.05. The first-order chi connectivity index (χ1) is 10.1. The lowest BCUT2D eigenvalue weighted by atomic mass is 10.1. The lowest BCUT2D eigenvalue weighted by Gasteiger charge is -2.18. The third-order valence-electron chi connectivity index (χ3n) is 3.35. The molecule has 0 saturated heterocycles. The summed E-state index contributed by atoms with van der Waals surface area (Å²) in [7, 11) is 0. The first-order valence-electron chi connectivity index (χ1n) is 6.57. The first-order valence-corrected chi connectivity index (χ1v) is 7.32. The van der Waals surface area contributed by atoms with E-state index in [1.807, 2.05) is 43.3 Å². The molecule has 1 aromatic heterocycles. The molecule has 0 fully saturated rings. The largest absolute Gasteiger partial charge is 0.377 e. The number of fused-ring (bicyclic) bond motifs is 1. The Balaban J connectivity index is 1.94. The summed E-state index contributed by atoms with van der Waals surface area (Å²) in [5, 5.41) is 13.9. The number of halogens is 2. The van der Waals surface area contributed by atoms with Gasteiger partial charge in [0.1, 0.15) is 0 Å². The summed E-state index contributed by atoms with van der Waals surface area (Å²) in [5.41, 5.74) is 2.78. The van der Waals surface area contributed by atoms with Crippen molar-refractivity contribution in [2.45, 2.75) is 13.0 Å². The Morgan fingerprint density at radius 1 is 1.10 bits per heavy atom. The van der Waals surface area contributed by atoms with E-state index in [2.05, 4.69) is 15.5 Å². The Labute approximate surface area is 132 Å². The van der Waals surface area contributed by atoms with E-state index in [0.29, 0.717) is 10.0 Å². The Morgan fingerprint density at radius 3 is 2.71 bits per heavy atom. The van der Waals surface area contributed by atoms with Gasteiger partial charge < -0.3 is 5.32 Å². The zero-order chi connectivity index (χ0) is 14.8. The quantitative estimate of drug-likeness (QED) is 0.729. The molecule has 1 N–H and O–H groups in total. The van der Waals surface area contributed by atoms with Gasteiger partial charge in [0, 0.05) is 15.4 Å². The predicted octanol–water partition coefficient (Wildman–Crippen LogP) is 5.11. The number of hydrogen-bond acceptors (Lipinski definition) is 3. The lowest BCUT2D eigenvalue weighted by molar-refractivity contribution is 0.883. The summed E-state index contributed by atoms with van der Waals surface area (Å²) in [5.74, 6) is 0. The van der Waals surface area contributed by atoms with Crippen LogP contribution < -0.4 is 5.32 Å². The topological polar surface area (TPSA) is 37.8 Å². The molecule has 0 aliphatic rings. The molecule has 0 aliphatic heterocycles. The standard InChI is InChI=1S/C16H13Cl2N3/c1-10(12-7-6-11(17)8-14(12)18)20-16-9-19-21-15-5-3-2-4-13(15)16/h2-10H,1H3,(H,20,21). The highest BCUT2D eigenvalue weighted by Gasteiger charge is 2.12. The third-order valence-corrected chi connectivity index (χ3v) is 3.91. The van der Waals surface area contributed by atoms with Crippen molar-refractivity contribution in [1.29, 1.82) is 0 Å². The summed E-state index contributed by atoms with van der Waals surface area (Å²) in [6.07, 6.45) is 1.72. The number of anilines is 1. The van der Waals surface area contributed by atoms with Gasteiger partial charge in [0.25, 0.3) is 0 Å². The molecule has 1 heterocycles. The maximum absolute atomic E-state index is 6.26. The molecule has 106 valence electrons. The van der Waals surface area contributed by atoms with Crippen LogP contribution in [0.1, 0.15) is 18.5 Å². The number of benzene rings is 2. The van der Waals surface area contributed by atoms with Gasteiger partial charge in [0.05, 0.1) is 23.4 Å². The highest BCUT2D eigenvalue weighted by Crippen LogP contribution is 2.30. The zero-order valence-electron chi connectivity index (χ0n) is 11.3. The lowest BCUT2D eigenvalue weighted by Crippen LogP contribution is -2.08. The first kappa shape index (κ1) is 14.1. The van der Waals surface area contributed by atoms with E-state index in [-0.39, 0.29) is 6.04 Å². The third kappa shape index (κ3) is 2.94. The van der Waals surface area contributed by atoms with E-state index in [0.717, 1.165) is 22.2 Å². The number of hydrogen-bond donors (Lipinski definition) is 1. The van der Waals surface area contributed by atoms with Crippen molar-refractivity contribution in [2.75, 3.05) is 5.32 Å². The number of rotatable bonds is 3. The Kier molecular flexibility index (Phi) is 3.95. The number of nitrogens with zero attached hydrogens (tertiary/aromatic N) is 2. The maximum Gasteiger partial charge on any atom is 0.0950 e. The van der Waals surface area contributed by atoms with Gasteiger partial charge in [0.15, 0.2) is 0 Å². The van der Waals surface area contributed by atoms with E-state index in [1.165, 1.54) is 0 Å². The Bertz CT molecular complexity index is 784. The van der Waals surface area contributed by atoms with Crippen molar-refractivity contribution in [3.63, 3.8) is 0 Å². The van der Waals surface area contributed by atoms with Crippen LogP contribution in [0.25, 0.3) is 10.9 Å². The molecule has 1 unspecified atom stereocenters. The summed E-state index contributed by atoms with van der Waals surface area (Å²) >= 11 is 12.2. The molecule has 3 rings (SSSR count). The minimum atomic E-state index is 0.0300. The monoisotopic (exact) mass is 317 g/mol. The smallest absolute Gasteiger partial charge is 0.0950 e.